The van der Waals surface area contributed by atoms with E-state index in [0.29, 0.717) is 35.0 Å². The van der Waals surface area contributed by atoms with Gasteiger partial charge in [0.15, 0.2) is 0 Å². The molecule has 2 aromatic carbocycles. The van der Waals surface area contributed by atoms with Crippen molar-refractivity contribution in [1.82, 2.24) is 0 Å². The van der Waals surface area contributed by atoms with E-state index in [1.807, 2.05) is 0 Å². The number of benzene rings is 2. The third-order valence-electron chi connectivity index (χ3n) is 12.8. The normalized spacial score (nSPS) is 40.3. The minimum absolute atomic E-state index is 0.308. The van der Waals surface area contributed by atoms with Gasteiger partial charge >= 0.3 is 5.97 Å². The molecule has 0 bridgehead atoms. The lowest BCUT2D eigenvalue weighted by Gasteiger charge is -2.62. The number of carbonyl (C=O) groups is 1. The van der Waals surface area contributed by atoms with Gasteiger partial charge in [-0.15, -0.1) is 0 Å². The third-order valence-corrected chi connectivity index (χ3v) is 12.8. The minimum atomic E-state index is -0.715. The Balaban J connectivity index is 1.16. The molecule has 2 aromatic rings. The lowest BCUT2D eigenvalue weighted by atomic mass is 9.43. The van der Waals surface area contributed by atoms with Crippen LogP contribution in [-0.2, 0) is 10.4 Å². The van der Waals surface area contributed by atoms with Gasteiger partial charge in [-0.25, -0.2) is 0 Å². The van der Waals surface area contributed by atoms with Crippen molar-refractivity contribution in [3.63, 3.8) is 0 Å². The average molecular weight is 529 g/mol. The Labute approximate surface area is 235 Å². The molecule has 0 spiro atoms. The van der Waals surface area contributed by atoms with E-state index in [1.54, 1.807) is 0 Å². The second-order valence-corrected chi connectivity index (χ2v) is 14.5. The Bertz CT molecular complexity index is 1170. The summed E-state index contributed by atoms with van der Waals surface area (Å²) in [7, 11) is 0. The highest BCUT2D eigenvalue weighted by Gasteiger charge is 2.61. The molecule has 0 unspecified atom stereocenters. The molecule has 9 atom stereocenters. The van der Waals surface area contributed by atoms with Gasteiger partial charge in [0.2, 0.25) is 0 Å². The first kappa shape index (κ1) is 27.1. The molecule has 0 aliphatic heterocycles. The quantitative estimate of drug-likeness (QED) is 0.394. The third kappa shape index (κ3) is 4.57. The van der Waals surface area contributed by atoms with Crippen LogP contribution in [0.15, 0.2) is 54.6 Å². The SMILES string of the molecule is C[C@H](CCC(=O)O)[C@H]1CC[C@H]2[C@@H]3CC[C@@H]4C[C@@](O)(c5ccc(-c6ccccc6)cc5)CC[C@]4(C)[C@H]3CC[C@]12C. The van der Waals surface area contributed by atoms with Crippen LogP contribution in [0, 0.1) is 46.3 Å². The van der Waals surface area contributed by atoms with Gasteiger partial charge in [-0.1, -0.05) is 75.4 Å². The van der Waals surface area contributed by atoms with Gasteiger partial charge in [-0.3, -0.25) is 4.79 Å². The van der Waals surface area contributed by atoms with Gasteiger partial charge in [0.1, 0.15) is 0 Å². The van der Waals surface area contributed by atoms with E-state index in [2.05, 4.69) is 75.4 Å². The van der Waals surface area contributed by atoms with Crippen molar-refractivity contribution in [2.24, 2.45) is 46.3 Å². The Morgan fingerprint density at radius 2 is 1.54 bits per heavy atom. The molecule has 0 heterocycles. The standard InChI is InChI=1S/C36H48O3/c1-24(9-18-33(37)38)30-16-17-31-29-15-14-28-23-36(39,22-21-34(28,2)32(29)19-20-35(30,31)3)27-12-10-26(11-13-27)25-7-5-4-6-8-25/h4-8,10-13,24,28-32,39H,9,14-23H2,1-3H3,(H,37,38)/t24-,28-,29+,30-,31+,32+,34+,35-,36-/m1/s1. The first-order valence-electron chi connectivity index (χ1n) is 15.7. The van der Waals surface area contributed by atoms with Crippen molar-refractivity contribution in [3.05, 3.63) is 60.2 Å². The van der Waals surface area contributed by atoms with Gasteiger partial charge in [0.05, 0.1) is 5.60 Å². The van der Waals surface area contributed by atoms with Crippen LogP contribution in [0.4, 0.5) is 0 Å². The summed E-state index contributed by atoms with van der Waals surface area (Å²) >= 11 is 0. The molecule has 0 radical (unpaired) electrons. The minimum Gasteiger partial charge on any atom is -0.481 e. The van der Waals surface area contributed by atoms with Gasteiger partial charge < -0.3 is 10.2 Å². The van der Waals surface area contributed by atoms with E-state index in [-0.39, 0.29) is 0 Å². The van der Waals surface area contributed by atoms with E-state index < -0.39 is 11.6 Å². The number of fused-ring (bicyclic) bond motifs is 5. The van der Waals surface area contributed by atoms with Crippen LogP contribution in [-0.4, -0.2) is 16.2 Å². The fourth-order valence-corrected chi connectivity index (χ4v) is 10.6. The zero-order valence-corrected chi connectivity index (χ0v) is 24.2. The fraction of sp³-hybridized carbons (Fsp3) is 0.639. The molecule has 2 N–H and O–H groups in total. The van der Waals surface area contributed by atoms with Crippen molar-refractivity contribution >= 4 is 5.97 Å². The molecule has 4 aliphatic rings. The summed E-state index contributed by atoms with van der Waals surface area (Å²) in [4.78, 5) is 11.2. The number of aliphatic carboxylic acids is 1. The van der Waals surface area contributed by atoms with Crippen LogP contribution in [0.2, 0.25) is 0 Å². The molecule has 6 rings (SSSR count). The molecule has 4 aliphatic carbocycles. The highest BCUT2D eigenvalue weighted by molar-refractivity contribution is 5.66. The molecule has 3 heteroatoms. The summed E-state index contributed by atoms with van der Waals surface area (Å²) in [6.45, 7) is 7.47. The van der Waals surface area contributed by atoms with Crippen LogP contribution in [0.25, 0.3) is 11.1 Å². The van der Waals surface area contributed by atoms with Crippen LogP contribution >= 0.6 is 0 Å². The fourth-order valence-electron chi connectivity index (χ4n) is 10.6. The molecule has 4 saturated carbocycles. The maximum absolute atomic E-state index is 12.0. The van der Waals surface area contributed by atoms with Crippen LogP contribution in [0.5, 0.6) is 0 Å². The molecular formula is C36H48O3. The Hall–Kier alpha value is -2.13. The molecule has 39 heavy (non-hydrogen) atoms. The smallest absolute Gasteiger partial charge is 0.303 e. The summed E-state index contributed by atoms with van der Waals surface area (Å²) in [5.74, 6) is 3.47. The monoisotopic (exact) mass is 528 g/mol. The largest absolute Gasteiger partial charge is 0.481 e. The lowest BCUT2D eigenvalue weighted by Crippen LogP contribution is -2.55. The molecule has 0 amide bonds. The summed E-state index contributed by atoms with van der Waals surface area (Å²) in [5.41, 5.74) is 3.51. The number of hydrogen-bond acceptors (Lipinski definition) is 2. The Morgan fingerprint density at radius 3 is 2.26 bits per heavy atom. The van der Waals surface area contributed by atoms with Crippen molar-refractivity contribution in [3.8, 4) is 11.1 Å². The summed E-state index contributed by atoms with van der Waals surface area (Å²) in [5, 5.41) is 21.2. The van der Waals surface area contributed by atoms with Crippen LogP contribution in [0.1, 0.15) is 97.0 Å². The number of hydrogen-bond donors (Lipinski definition) is 2. The lowest BCUT2D eigenvalue weighted by molar-refractivity contribution is -0.155. The van der Waals surface area contributed by atoms with E-state index in [1.165, 1.54) is 49.7 Å². The van der Waals surface area contributed by atoms with Crippen LogP contribution in [0.3, 0.4) is 0 Å². The first-order valence-corrected chi connectivity index (χ1v) is 15.7. The predicted molar refractivity (Wildman–Crippen MR) is 157 cm³/mol. The van der Waals surface area contributed by atoms with E-state index in [0.717, 1.165) is 49.0 Å². The highest BCUT2D eigenvalue weighted by atomic mass is 16.4. The van der Waals surface area contributed by atoms with E-state index >= 15 is 0 Å². The molecule has 3 nitrogen and oxygen atoms in total. The highest BCUT2D eigenvalue weighted by Crippen LogP contribution is 2.69. The molecule has 4 fully saturated rings. The van der Waals surface area contributed by atoms with Gasteiger partial charge in [0, 0.05) is 6.42 Å². The van der Waals surface area contributed by atoms with Crippen LogP contribution < -0.4 is 0 Å². The molecule has 0 saturated heterocycles. The number of carboxylic acids is 1. The second kappa shape index (κ2) is 10.1. The second-order valence-electron chi connectivity index (χ2n) is 14.5. The zero-order chi connectivity index (χ0) is 27.4. The number of aliphatic hydroxyl groups is 1. The maximum atomic E-state index is 12.0. The average Bonchev–Trinajstić information content (AvgIpc) is 3.30. The first-order chi connectivity index (χ1) is 18.6. The van der Waals surface area contributed by atoms with Gasteiger partial charge in [-0.2, -0.15) is 0 Å². The molecule has 0 aromatic heterocycles. The van der Waals surface area contributed by atoms with E-state index in [4.69, 9.17) is 0 Å². The summed E-state index contributed by atoms with van der Waals surface area (Å²) in [6.07, 6.45) is 11.8. The van der Waals surface area contributed by atoms with Crippen molar-refractivity contribution in [2.75, 3.05) is 0 Å². The summed E-state index contributed by atoms with van der Waals surface area (Å²) < 4.78 is 0. The molecular weight excluding hydrogens is 480 g/mol. The zero-order valence-electron chi connectivity index (χ0n) is 24.2. The molecule has 210 valence electrons. The van der Waals surface area contributed by atoms with Crippen molar-refractivity contribution in [2.45, 2.75) is 97.0 Å². The number of rotatable bonds is 6. The Kier molecular flexibility index (Phi) is 6.97. The van der Waals surface area contributed by atoms with Gasteiger partial charge in [0.25, 0.3) is 0 Å². The number of carboxylic acid groups (broad SMARTS) is 1. The topological polar surface area (TPSA) is 57.5 Å². The Morgan fingerprint density at radius 1 is 0.846 bits per heavy atom. The predicted octanol–water partition coefficient (Wildman–Crippen LogP) is 8.70. The summed E-state index contributed by atoms with van der Waals surface area (Å²) in [6, 6.07) is 19.2. The maximum Gasteiger partial charge on any atom is 0.303 e. The van der Waals surface area contributed by atoms with Gasteiger partial charge in [-0.05, 0) is 127 Å². The van der Waals surface area contributed by atoms with E-state index in [9.17, 15) is 15.0 Å². The van der Waals surface area contributed by atoms with Crippen molar-refractivity contribution < 1.29 is 15.0 Å². The van der Waals surface area contributed by atoms with Crippen molar-refractivity contribution in [1.29, 1.82) is 0 Å².